The Balaban J connectivity index is 1.22. The molecule has 0 radical (unpaired) electrons. The quantitative estimate of drug-likeness (QED) is 0.186. The Hall–Kier alpha value is -6.65. The second-order valence-electron chi connectivity index (χ2n) is 13.7. The summed E-state index contributed by atoms with van der Waals surface area (Å²) in [4.78, 5) is 8.03. The fourth-order valence-electron chi connectivity index (χ4n) is 8.48. The molecule has 8 aromatic carbocycles. The van der Waals surface area contributed by atoms with Crippen LogP contribution in [0.25, 0.3) is 70.8 Å². The largest absolute Gasteiger partial charge is 0.335 e. The number of hydrogen-bond acceptors (Lipinski definition) is 2. The third-order valence-electron chi connectivity index (χ3n) is 10.9. The van der Waals surface area contributed by atoms with Crippen molar-refractivity contribution in [3.8, 4) is 5.69 Å². The van der Waals surface area contributed by atoms with E-state index in [0.29, 0.717) is 0 Å². The second kappa shape index (κ2) is 10.7. The maximum Gasteiger partial charge on any atom is 0.203 e. The maximum atomic E-state index is 5.70. The first-order valence-electron chi connectivity index (χ1n) is 17.6. The number of aliphatic imine (C=N–C) groups is 1. The highest BCUT2D eigenvalue weighted by molar-refractivity contribution is 6.19. The van der Waals surface area contributed by atoms with Crippen LogP contribution in [0.4, 0.5) is 5.69 Å². The molecular weight excluding hydrogens is 621 g/mol. The average molecular weight is 653 g/mol. The second-order valence-corrected chi connectivity index (χ2v) is 13.7. The predicted molar refractivity (Wildman–Crippen MR) is 215 cm³/mol. The van der Waals surface area contributed by atoms with Crippen molar-refractivity contribution in [2.45, 2.75) is 6.29 Å². The number of rotatable bonds is 3. The van der Waals surface area contributed by atoms with Gasteiger partial charge in [0.2, 0.25) is 6.29 Å². The summed E-state index contributed by atoms with van der Waals surface area (Å²) in [6, 6.07) is 61.8. The summed E-state index contributed by atoms with van der Waals surface area (Å²) in [5.41, 5.74) is 10.3. The van der Waals surface area contributed by atoms with Gasteiger partial charge >= 0.3 is 0 Å². The SMILES string of the molecule is CN1c2ccccc2C(c2ccc3ccccc3c2)=NC1n1c2cc(-n3c4ccccc4c4ccccc43)ccc2c2cc3ccccc3cc21. The predicted octanol–water partition coefficient (Wildman–Crippen LogP) is 11.6. The van der Waals surface area contributed by atoms with Crippen LogP contribution in [0.5, 0.6) is 0 Å². The van der Waals surface area contributed by atoms with E-state index < -0.39 is 0 Å². The Kier molecular flexibility index (Phi) is 5.90. The molecule has 0 spiro atoms. The zero-order valence-corrected chi connectivity index (χ0v) is 28.0. The molecule has 0 aliphatic carbocycles. The van der Waals surface area contributed by atoms with Gasteiger partial charge in [0, 0.05) is 51.1 Å². The molecule has 240 valence electrons. The van der Waals surface area contributed by atoms with E-state index in [9.17, 15) is 0 Å². The third-order valence-corrected chi connectivity index (χ3v) is 10.9. The minimum atomic E-state index is -0.323. The van der Waals surface area contributed by atoms with Crippen LogP contribution in [0.1, 0.15) is 17.4 Å². The first-order chi connectivity index (χ1) is 25.2. The van der Waals surface area contributed by atoms with E-state index in [0.717, 1.165) is 33.7 Å². The van der Waals surface area contributed by atoms with Crippen LogP contribution in [0, 0.1) is 0 Å². The molecule has 1 aliphatic heterocycles. The van der Waals surface area contributed by atoms with Gasteiger partial charge < -0.3 is 14.0 Å². The van der Waals surface area contributed by atoms with Crippen LogP contribution >= 0.6 is 0 Å². The van der Waals surface area contributed by atoms with Crippen molar-refractivity contribution in [2.75, 3.05) is 11.9 Å². The molecule has 11 rings (SSSR count). The standard InChI is InChI=1S/C47H32N4/c1-49-41-19-9-8-18-39(41)46(34-23-22-30-12-2-3-13-31(30)26-34)48-47(49)51-44-28-33-15-5-4-14-32(33)27-40(44)38-25-24-35(29-45(38)51)50-42-20-10-6-16-36(42)37-17-7-11-21-43(37)50/h2-29,47H,1H3. The normalized spacial score (nSPS) is 14.6. The fraction of sp³-hybridized carbons (Fsp3) is 0.0426. The van der Waals surface area contributed by atoms with E-state index in [1.54, 1.807) is 0 Å². The first-order valence-corrected chi connectivity index (χ1v) is 17.6. The van der Waals surface area contributed by atoms with Crippen LogP contribution in [0.2, 0.25) is 0 Å². The lowest BCUT2D eigenvalue weighted by atomic mass is 9.96. The molecule has 1 aliphatic rings. The maximum absolute atomic E-state index is 5.70. The van der Waals surface area contributed by atoms with Gasteiger partial charge in [-0.2, -0.15) is 0 Å². The van der Waals surface area contributed by atoms with Crippen molar-refractivity contribution in [3.63, 3.8) is 0 Å². The highest BCUT2D eigenvalue weighted by atomic mass is 15.4. The number of aromatic nitrogens is 2. The van der Waals surface area contributed by atoms with Crippen molar-refractivity contribution in [1.29, 1.82) is 0 Å². The van der Waals surface area contributed by atoms with Crippen LogP contribution in [0.15, 0.2) is 175 Å². The molecule has 4 nitrogen and oxygen atoms in total. The van der Waals surface area contributed by atoms with E-state index in [4.69, 9.17) is 4.99 Å². The van der Waals surface area contributed by atoms with E-state index in [1.807, 2.05) is 0 Å². The molecule has 0 bridgehead atoms. The Morgan fingerprint density at radius 2 is 1.04 bits per heavy atom. The molecule has 0 N–H and O–H groups in total. The van der Waals surface area contributed by atoms with E-state index in [1.165, 1.54) is 59.6 Å². The van der Waals surface area contributed by atoms with Crippen LogP contribution in [-0.4, -0.2) is 21.9 Å². The average Bonchev–Trinajstić information content (AvgIpc) is 3.69. The lowest BCUT2D eigenvalue weighted by Crippen LogP contribution is -2.33. The lowest BCUT2D eigenvalue weighted by molar-refractivity contribution is 0.540. The van der Waals surface area contributed by atoms with Crippen molar-refractivity contribution < 1.29 is 0 Å². The number of fused-ring (bicyclic) bond motifs is 9. The fourth-order valence-corrected chi connectivity index (χ4v) is 8.48. The molecule has 1 unspecified atom stereocenters. The molecule has 3 heterocycles. The number of hydrogen-bond donors (Lipinski definition) is 0. The number of benzene rings is 8. The summed E-state index contributed by atoms with van der Waals surface area (Å²) < 4.78 is 4.87. The Bertz CT molecular complexity index is 3020. The molecule has 2 aromatic heterocycles. The van der Waals surface area contributed by atoms with Crippen LogP contribution in [-0.2, 0) is 0 Å². The molecule has 0 fully saturated rings. The summed E-state index contributed by atoms with van der Waals surface area (Å²) in [7, 11) is 2.18. The Labute approximate surface area is 294 Å². The summed E-state index contributed by atoms with van der Waals surface area (Å²) in [6.07, 6.45) is -0.323. The minimum Gasteiger partial charge on any atom is -0.335 e. The van der Waals surface area contributed by atoms with Gasteiger partial charge in [0.1, 0.15) is 0 Å². The van der Waals surface area contributed by atoms with Gasteiger partial charge in [-0.25, -0.2) is 4.99 Å². The molecule has 4 heteroatoms. The van der Waals surface area contributed by atoms with Gasteiger partial charge in [0.15, 0.2) is 0 Å². The van der Waals surface area contributed by atoms with Gasteiger partial charge in [0.05, 0.1) is 27.8 Å². The van der Waals surface area contributed by atoms with Gasteiger partial charge in [0.25, 0.3) is 0 Å². The van der Waals surface area contributed by atoms with Crippen molar-refractivity contribution in [3.05, 3.63) is 181 Å². The molecule has 0 saturated carbocycles. The molecule has 0 amide bonds. The zero-order chi connectivity index (χ0) is 33.6. The van der Waals surface area contributed by atoms with Gasteiger partial charge in [-0.05, 0) is 70.1 Å². The van der Waals surface area contributed by atoms with Gasteiger partial charge in [-0.15, -0.1) is 0 Å². The van der Waals surface area contributed by atoms with Crippen LogP contribution < -0.4 is 4.90 Å². The first kappa shape index (κ1) is 28.2. The molecular formula is C47H32N4. The zero-order valence-electron chi connectivity index (χ0n) is 28.0. The van der Waals surface area contributed by atoms with Crippen LogP contribution in [0.3, 0.4) is 0 Å². The smallest absolute Gasteiger partial charge is 0.203 e. The van der Waals surface area contributed by atoms with Crippen molar-refractivity contribution >= 4 is 76.6 Å². The number of para-hydroxylation sites is 3. The van der Waals surface area contributed by atoms with E-state index in [2.05, 4.69) is 191 Å². The van der Waals surface area contributed by atoms with Crippen molar-refractivity contribution in [2.24, 2.45) is 4.99 Å². The highest BCUT2D eigenvalue weighted by Gasteiger charge is 2.30. The molecule has 10 aromatic rings. The Morgan fingerprint density at radius 3 is 1.80 bits per heavy atom. The van der Waals surface area contributed by atoms with E-state index >= 15 is 0 Å². The third kappa shape index (κ3) is 4.11. The van der Waals surface area contributed by atoms with Gasteiger partial charge in [-0.1, -0.05) is 121 Å². The molecule has 1 atom stereocenters. The summed E-state index contributed by atoms with van der Waals surface area (Å²) in [5, 5.41) is 9.85. The van der Waals surface area contributed by atoms with Gasteiger partial charge in [-0.3, -0.25) is 0 Å². The summed E-state index contributed by atoms with van der Waals surface area (Å²) in [5.74, 6) is 0. The molecule has 51 heavy (non-hydrogen) atoms. The lowest BCUT2D eigenvalue weighted by Gasteiger charge is -2.35. The monoisotopic (exact) mass is 652 g/mol. The minimum absolute atomic E-state index is 0.323. The summed E-state index contributed by atoms with van der Waals surface area (Å²) in [6.45, 7) is 0. The number of nitrogens with zero attached hydrogens (tertiary/aromatic N) is 4. The highest BCUT2D eigenvalue weighted by Crippen LogP contribution is 2.42. The Morgan fingerprint density at radius 1 is 0.451 bits per heavy atom. The molecule has 0 saturated heterocycles. The van der Waals surface area contributed by atoms with Crippen molar-refractivity contribution in [1.82, 2.24) is 9.13 Å². The topological polar surface area (TPSA) is 25.5 Å². The van der Waals surface area contributed by atoms with E-state index in [-0.39, 0.29) is 6.29 Å². The number of anilines is 1. The summed E-state index contributed by atoms with van der Waals surface area (Å²) >= 11 is 0.